The van der Waals surface area contributed by atoms with Gasteiger partial charge in [-0.15, -0.1) is 22.7 Å². The highest BCUT2D eigenvalue weighted by atomic mass is 127. The second kappa shape index (κ2) is 12.8. The molecule has 3 N–H and O–H groups in total. The van der Waals surface area contributed by atoms with Crippen LogP contribution in [0, 0.1) is 18.5 Å². The second-order valence-corrected chi connectivity index (χ2v) is 12.7. The zero-order chi connectivity index (χ0) is 28.1. The normalized spacial score (nSPS) is 11.1. The van der Waals surface area contributed by atoms with E-state index in [1.54, 1.807) is 24.8 Å². The van der Waals surface area contributed by atoms with Gasteiger partial charge in [-0.1, -0.05) is 5.16 Å². The largest absolute Gasteiger partial charge is 0.455 e. The van der Waals surface area contributed by atoms with Crippen molar-refractivity contribution in [2.45, 2.75) is 0 Å². The van der Waals surface area contributed by atoms with E-state index in [1.165, 1.54) is 22.7 Å². The predicted molar refractivity (Wildman–Crippen MR) is 175 cm³/mol. The van der Waals surface area contributed by atoms with Crippen molar-refractivity contribution in [3.63, 3.8) is 0 Å². The molecule has 0 aliphatic carbocycles. The average Bonchev–Trinajstić information content (AvgIpc) is 3.61. The van der Waals surface area contributed by atoms with Crippen LogP contribution < -0.4 is 15.2 Å². The zero-order valence-electron chi connectivity index (χ0n) is 20.3. The number of rotatable bonds is 5. The van der Waals surface area contributed by atoms with Crippen molar-refractivity contribution in [3.05, 3.63) is 102 Å². The third-order valence-corrected chi connectivity index (χ3v) is 8.88. The summed E-state index contributed by atoms with van der Waals surface area (Å²) in [7, 11) is 0. The first kappa shape index (κ1) is 28.0. The molecule has 6 aromatic rings. The number of amidine groups is 1. The topological polar surface area (TPSA) is 127 Å². The molecule has 0 unspecified atom stereocenters. The Balaban J connectivity index is 0.000000162. The van der Waals surface area contributed by atoms with Crippen LogP contribution in [-0.4, -0.2) is 21.0 Å². The number of nitrogens with zero attached hydrogens (tertiary/aromatic N) is 4. The predicted octanol–water partition coefficient (Wildman–Crippen LogP) is 8.35. The number of aromatic nitrogens is 2. The van der Waals surface area contributed by atoms with Crippen LogP contribution in [0.5, 0.6) is 23.0 Å². The third kappa shape index (κ3) is 6.61. The molecule has 198 valence electrons. The van der Waals surface area contributed by atoms with Gasteiger partial charge < -0.3 is 20.4 Å². The van der Waals surface area contributed by atoms with Crippen LogP contribution in [-0.2, 0) is 0 Å². The number of nitrogens with two attached hydrogens (primary N) is 1. The lowest BCUT2D eigenvalue weighted by atomic mass is 10.3. The van der Waals surface area contributed by atoms with E-state index in [0.29, 0.717) is 21.3 Å². The van der Waals surface area contributed by atoms with Gasteiger partial charge in [0.05, 0.1) is 26.7 Å². The van der Waals surface area contributed by atoms with Gasteiger partial charge in [-0.3, -0.25) is 9.97 Å². The Labute approximate surface area is 264 Å². The molecule has 0 fully saturated rings. The van der Waals surface area contributed by atoms with Gasteiger partial charge in [0, 0.05) is 30.3 Å². The van der Waals surface area contributed by atoms with Gasteiger partial charge in [-0.25, -0.2) is 0 Å². The summed E-state index contributed by atoms with van der Waals surface area (Å²) in [6, 6.07) is 21.4. The number of thiophene rings is 2. The van der Waals surface area contributed by atoms with Crippen LogP contribution in [0.4, 0.5) is 0 Å². The maximum absolute atomic E-state index is 8.95. The molecular weight excluding hydrogens is 772 g/mol. The van der Waals surface area contributed by atoms with Gasteiger partial charge in [0.25, 0.3) is 0 Å². The van der Waals surface area contributed by atoms with Crippen molar-refractivity contribution < 1.29 is 14.7 Å². The summed E-state index contributed by atoms with van der Waals surface area (Å²) in [5.74, 6) is 2.90. The van der Waals surface area contributed by atoms with Crippen molar-refractivity contribution in [2.24, 2.45) is 10.9 Å². The second-order valence-electron chi connectivity index (χ2n) is 8.03. The number of hydrogen-bond donors (Lipinski definition) is 2. The summed E-state index contributed by atoms with van der Waals surface area (Å²) in [4.78, 5) is 9.65. The summed E-state index contributed by atoms with van der Waals surface area (Å²) in [5.41, 5.74) is 5.63. The highest BCUT2D eigenvalue weighted by molar-refractivity contribution is 14.1. The Bertz CT molecular complexity index is 1860. The number of ether oxygens (including phenoxy) is 2. The Hall–Kier alpha value is -3.52. The highest BCUT2D eigenvalue weighted by Crippen LogP contribution is 2.35. The van der Waals surface area contributed by atoms with Crippen molar-refractivity contribution in [1.82, 2.24) is 9.97 Å². The molecule has 40 heavy (non-hydrogen) atoms. The van der Waals surface area contributed by atoms with Gasteiger partial charge in [0.1, 0.15) is 22.4 Å². The van der Waals surface area contributed by atoms with Gasteiger partial charge in [0.15, 0.2) is 17.3 Å². The van der Waals surface area contributed by atoms with Crippen molar-refractivity contribution in [1.29, 1.82) is 5.26 Å². The minimum atomic E-state index is 0.0800. The molecule has 0 amide bonds. The summed E-state index contributed by atoms with van der Waals surface area (Å²) in [6.07, 6.45) is 6.81. The first-order chi connectivity index (χ1) is 19.4. The smallest absolute Gasteiger partial charge is 0.180 e. The lowest BCUT2D eigenvalue weighted by molar-refractivity contribution is 0.319. The standard InChI is InChI=1S/C14H10IN3O2S.C14H7IN2OS/c15-8-1-3-9(4-2-8)20-11-6-17-7-13-10(11)5-12(21-13)14(16)18-19;15-9-1-3-10(4-2-9)18-13-7-17-8-14-12(13)5-11(6-16)19-14/h1-7,19H,(H2,16,18);1-5,7-8H. The number of pyridine rings is 2. The summed E-state index contributed by atoms with van der Waals surface area (Å²) in [6.45, 7) is 0. The molecule has 0 spiro atoms. The maximum Gasteiger partial charge on any atom is 0.180 e. The molecule has 4 aromatic heterocycles. The molecule has 2 aromatic carbocycles. The van der Waals surface area contributed by atoms with E-state index in [9.17, 15) is 0 Å². The van der Waals surface area contributed by atoms with E-state index in [-0.39, 0.29) is 5.84 Å². The van der Waals surface area contributed by atoms with Crippen molar-refractivity contribution in [2.75, 3.05) is 0 Å². The fourth-order valence-electron chi connectivity index (χ4n) is 3.52. The molecule has 0 aliphatic rings. The molecule has 0 saturated heterocycles. The zero-order valence-corrected chi connectivity index (χ0v) is 26.2. The van der Waals surface area contributed by atoms with Crippen LogP contribution in [0.2, 0.25) is 0 Å². The van der Waals surface area contributed by atoms with Crippen LogP contribution in [0.15, 0.2) is 90.6 Å². The van der Waals surface area contributed by atoms with Gasteiger partial charge in [0.2, 0.25) is 0 Å². The van der Waals surface area contributed by atoms with E-state index in [4.69, 9.17) is 25.7 Å². The molecule has 0 bridgehead atoms. The molecule has 12 heteroatoms. The minimum Gasteiger partial charge on any atom is -0.455 e. The maximum atomic E-state index is 8.95. The average molecular weight is 789 g/mol. The van der Waals surface area contributed by atoms with Crippen LogP contribution in [0.1, 0.15) is 9.75 Å². The number of fused-ring (bicyclic) bond motifs is 2. The van der Waals surface area contributed by atoms with Crippen molar-refractivity contribution in [3.8, 4) is 29.1 Å². The van der Waals surface area contributed by atoms with Crippen LogP contribution in [0.25, 0.3) is 20.2 Å². The van der Waals surface area contributed by atoms with E-state index in [0.717, 1.165) is 38.8 Å². The molecule has 8 nitrogen and oxygen atoms in total. The minimum absolute atomic E-state index is 0.0800. The molecule has 4 heterocycles. The number of halogens is 2. The Morgan fingerprint density at radius 1 is 0.800 bits per heavy atom. The molecule has 0 aliphatic heterocycles. The molecule has 6 rings (SSSR count). The molecule has 0 saturated carbocycles. The molecule has 0 radical (unpaired) electrons. The molecular formula is C28H17I2N5O3S2. The first-order valence-electron chi connectivity index (χ1n) is 11.4. The van der Waals surface area contributed by atoms with Gasteiger partial charge in [-0.2, -0.15) is 5.26 Å². The van der Waals surface area contributed by atoms with Gasteiger partial charge in [-0.05, 0) is 106 Å². The van der Waals surface area contributed by atoms with Crippen LogP contribution in [0.3, 0.4) is 0 Å². The summed E-state index contributed by atoms with van der Waals surface area (Å²) in [5, 5.41) is 22.5. The summed E-state index contributed by atoms with van der Waals surface area (Å²) >= 11 is 7.30. The van der Waals surface area contributed by atoms with E-state index >= 15 is 0 Å². The Kier molecular flexibility index (Phi) is 8.94. The third-order valence-electron chi connectivity index (χ3n) is 5.37. The number of nitriles is 1. The van der Waals surface area contributed by atoms with E-state index in [1.807, 2.05) is 60.7 Å². The monoisotopic (exact) mass is 789 g/mol. The fourth-order valence-corrected chi connectivity index (χ4v) is 6.03. The van der Waals surface area contributed by atoms with Crippen molar-refractivity contribution >= 4 is 93.9 Å². The Morgan fingerprint density at radius 3 is 1.80 bits per heavy atom. The number of hydrogen-bond acceptors (Lipinski definition) is 9. The van der Waals surface area contributed by atoms with Gasteiger partial charge >= 0.3 is 0 Å². The fraction of sp³-hybridized carbons (Fsp3) is 0. The first-order valence-corrected chi connectivity index (χ1v) is 15.2. The van der Waals surface area contributed by atoms with Crippen LogP contribution >= 0.6 is 67.9 Å². The number of oxime groups is 1. The van der Waals surface area contributed by atoms with E-state index in [2.05, 4.69) is 66.4 Å². The quantitative estimate of drug-likeness (QED) is 0.0591. The lowest BCUT2D eigenvalue weighted by Gasteiger charge is -2.06. The highest BCUT2D eigenvalue weighted by Gasteiger charge is 2.12. The summed E-state index contributed by atoms with van der Waals surface area (Å²) < 4.78 is 15.9. The SMILES string of the molecule is N#Cc1cc2c(Oc3ccc(I)cc3)cncc2s1.NC(=NO)c1cc2c(Oc3ccc(I)cc3)cncc2s1. The Morgan fingerprint density at radius 2 is 1.30 bits per heavy atom. The molecule has 0 atom stereocenters. The lowest BCUT2D eigenvalue weighted by Crippen LogP contribution is -2.10. The number of benzene rings is 2. The van der Waals surface area contributed by atoms with E-state index < -0.39 is 0 Å².